The molecule has 0 amide bonds. The van der Waals surface area contributed by atoms with Gasteiger partial charge >= 0.3 is 7.12 Å². The van der Waals surface area contributed by atoms with Crippen LogP contribution in [0.5, 0.6) is 11.5 Å². The third kappa shape index (κ3) is 4.45. The van der Waals surface area contributed by atoms with Gasteiger partial charge in [0.15, 0.2) is 0 Å². The van der Waals surface area contributed by atoms with E-state index in [0.29, 0.717) is 0 Å². The molecule has 3 aliphatic rings. The van der Waals surface area contributed by atoms with Crippen molar-refractivity contribution in [3.05, 3.63) is 180 Å². The fraction of sp³-hybridized carbons (Fsp3) is 0.140. The van der Waals surface area contributed by atoms with Gasteiger partial charge in [-0.05, 0) is 112 Å². The Labute approximate surface area is 321 Å². The zero-order chi connectivity index (χ0) is 37.1. The molecule has 3 heterocycles. The monoisotopic (exact) mass is 711 g/mol. The Kier molecular flexibility index (Phi) is 6.78. The number of ether oxygens (including phenoxy) is 1. The molecule has 1 saturated heterocycles. The Morgan fingerprint density at radius 2 is 0.927 bits per heavy atom. The first-order chi connectivity index (χ1) is 26.8. The quantitative estimate of drug-likeness (QED) is 0.135. The molecule has 0 unspecified atom stereocenters. The first-order valence-corrected chi connectivity index (χ1v) is 19.1. The molecule has 1 spiro atoms. The molecule has 5 heteroatoms. The standard InChI is InChI=1S/C50H38BNO3/c1-48(2)49(3,4)55-51(54-48)45-28-26-32(30-52-45)47-37-18-7-5-16-35(37)46(36-17-6-8-19-38(36)47)31-25-27-34-33-15-9-10-20-39(33)50(42(34)29-31)40-21-11-13-23-43(40)53-44-24-14-12-22-41(44)50/h5-30H,1-4H3. The van der Waals surface area contributed by atoms with Crippen molar-refractivity contribution in [2.24, 2.45) is 0 Å². The lowest BCUT2D eigenvalue weighted by Crippen LogP contribution is -2.41. The van der Waals surface area contributed by atoms with E-state index in [2.05, 4.69) is 179 Å². The van der Waals surface area contributed by atoms with Crippen LogP contribution in [0, 0.1) is 0 Å². The molecule has 264 valence electrons. The Bertz CT molecular complexity index is 2760. The van der Waals surface area contributed by atoms with Crippen LogP contribution in [0.15, 0.2) is 158 Å². The van der Waals surface area contributed by atoms with Crippen molar-refractivity contribution in [2.75, 3.05) is 0 Å². The first kappa shape index (κ1) is 32.4. The third-order valence-electron chi connectivity index (χ3n) is 12.6. The first-order valence-electron chi connectivity index (χ1n) is 19.1. The molecule has 0 saturated carbocycles. The summed E-state index contributed by atoms with van der Waals surface area (Å²) in [7, 11) is -0.515. The second kappa shape index (κ2) is 11.5. The maximum absolute atomic E-state index is 6.61. The van der Waals surface area contributed by atoms with Crippen LogP contribution in [-0.4, -0.2) is 23.3 Å². The molecular weight excluding hydrogens is 673 g/mol. The van der Waals surface area contributed by atoms with Gasteiger partial charge in [-0.1, -0.05) is 127 Å². The number of benzene rings is 7. The Morgan fingerprint density at radius 3 is 1.49 bits per heavy atom. The molecule has 1 aromatic heterocycles. The lowest BCUT2D eigenvalue weighted by Gasteiger charge is -2.39. The van der Waals surface area contributed by atoms with E-state index in [9.17, 15) is 0 Å². The van der Waals surface area contributed by atoms with E-state index in [-0.39, 0.29) is 0 Å². The maximum atomic E-state index is 6.61. The van der Waals surface area contributed by atoms with Gasteiger partial charge < -0.3 is 14.0 Å². The van der Waals surface area contributed by atoms with E-state index >= 15 is 0 Å². The van der Waals surface area contributed by atoms with Crippen LogP contribution >= 0.6 is 0 Å². The topological polar surface area (TPSA) is 40.6 Å². The average Bonchev–Trinajstić information content (AvgIpc) is 3.62. The SMILES string of the molecule is CC1(C)OB(c2ccc(-c3c4ccccc4c(-c4ccc5c(c4)C4(c6ccccc6Oc6ccccc64)c4ccccc4-5)c4ccccc34)cn2)OC1(C)C. The molecule has 0 N–H and O–H groups in total. The summed E-state index contributed by atoms with van der Waals surface area (Å²) in [5, 5.41) is 4.76. The third-order valence-corrected chi connectivity index (χ3v) is 12.6. The van der Waals surface area contributed by atoms with Gasteiger partial charge in [0, 0.05) is 22.9 Å². The summed E-state index contributed by atoms with van der Waals surface area (Å²) in [6, 6.07) is 55.0. The lowest BCUT2D eigenvalue weighted by atomic mass is 9.66. The molecule has 55 heavy (non-hydrogen) atoms. The van der Waals surface area contributed by atoms with E-state index in [1.165, 1.54) is 71.6 Å². The molecule has 7 aromatic carbocycles. The van der Waals surface area contributed by atoms with Crippen LogP contribution in [0.1, 0.15) is 49.9 Å². The highest BCUT2D eigenvalue weighted by Crippen LogP contribution is 2.62. The van der Waals surface area contributed by atoms with E-state index < -0.39 is 23.7 Å². The predicted octanol–water partition coefficient (Wildman–Crippen LogP) is 11.5. The van der Waals surface area contributed by atoms with Crippen LogP contribution in [0.25, 0.3) is 54.9 Å². The van der Waals surface area contributed by atoms with Crippen LogP contribution in [0.4, 0.5) is 0 Å². The van der Waals surface area contributed by atoms with Gasteiger partial charge in [0.2, 0.25) is 0 Å². The summed E-state index contributed by atoms with van der Waals surface area (Å²) in [5.41, 5.74) is 11.4. The summed E-state index contributed by atoms with van der Waals surface area (Å²) in [5.74, 6) is 1.79. The number of para-hydroxylation sites is 2. The van der Waals surface area contributed by atoms with Gasteiger partial charge in [0.1, 0.15) is 11.5 Å². The summed E-state index contributed by atoms with van der Waals surface area (Å²) in [6.07, 6.45) is 1.98. The highest BCUT2D eigenvalue weighted by atomic mass is 16.7. The fourth-order valence-corrected chi connectivity index (χ4v) is 9.42. The van der Waals surface area contributed by atoms with Gasteiger partial charge in [-0.3, -0.25) is 4.98 Å². The number of hydrogen-bond donors (Lipinski definition) is 0. The zero-order valence-corrected chi connectivity index (χ0v) is 31.3. The Hall–Kier alpha value is -6.01. The van der Waals surface area contributed by atoms with Crippen LogP contribution in [-0.2, 0) is 14.7 Å². The second-order valence-electron chi connectivity index (χ2n) is 16.1. The number of hydrogen-bond acceptors (Lipinski definition) is 4. The molecule has 1 aliphatic carbocycles. The van der Waals surface area contributed by atoms with E-state index in [1.807, 2.05) is 6.20 Å². The van der Waals surface area contributed by atoms with Crippen molar-refractivity contribution < 1.29 is 14.0 Å². The zero-order valence-electron chi connectivity index (χ0n) is 31.3. The molecule has 1 fully saturated rings. The minimum atomic E-state index is -0.538. The Balaban J connectivity index is 1.14. The van der Waals surface area contributed by atoms with Crippen molar-refractivity contribution >= 4 is 34.3 Å². The smallest absolute Gasteiger partial charge is 0.457 e. The van der Waals surface area contributed by atoms with Crippen molar-refractivity contribution in [1.29, 1.82) is 0 Å². The fourth-order valence-electron chi connectivity index (χ4n) is 9.42. The van der Waals surface area contributed by atoms with Gasteiger partial charge in [0.05, 0.1) is 22.2 Å². The van der Waals surface area contributed by atoms with E-state index in [1.54, 1.807) is 0 Å². The number of aromatic nitrogens is 1. The molecule has 4 nitrogen and oxygen atoms in total. The number of rotatable bonds is 3. The van der Waals surface area contributed by atoms with Gasteiger partial charge in [-0.25, -0.2) is 0 Å². The molecule has 2 aliphatic heterocycles. The number of pyridine rings is 1. The minimum Gasteiger partial charge on any atom is -0.457 e. The number of nitrogens with zero attached hydrogens (tertiary/aromatic N) is 1. The van der Waals surface area contributed by atoms with E-state index in [0.717, 1.165) is 22.7 Å². The largest absolute Gasteiger partial charge is 0.514 e. The highest BCUT2D eigenvalue weighted by Gasteiger charge is 2.53. The van der Waals surface area contributed by atoms with Crippen LogP contribution in [0.3, 0.4) is 0 Å². The van der Waals surface area contributed by atoms with Gasteiger partial charge in [-0.2, -0.15) is 0 Å². The molecular formula is C50H38BNO3. The number of fused-ring (bicyclic) bond motifs is 11. The summed E-state index contributed by atoms with van der Waals surface area (Å²) in [4.78, 5) is 4.95. The highest BCUT2D eigenvalue weighted by molar-refractivity contribution is 6.61. The molecule has 11 rings (SSSR count). The minimum absolute atomic E-state index is 0.433. The van der Waals surface area contributed by atoms with Crippen LogP contribution in [0.2, 0.25) is 0 Å². The van der Waals surface area contributed by atoms with Gasteiger partial charge in [-0.15, -0.1) is 0 Å². The molecule has 0 bridgehead atoms. The van der Waals surface area contributed by atoms with Crippen molar-refractivity contribution in [3.63, 3.8) is 0 Å². The molecule has 0 radical (unpaired) electrons. The van der Waals surface area contributed by atoms with Crippen LogP contribution < -0.4 is 10.3 Å². The average molecular weight is 712 g/mol. The molecule has 0 atom stereocenters. The van der Waals surface area contributed by atoms with E-state index in [4.69, 9.17) is 19.0 Å². The summed E-state index contributed by atoms with van der Waals surface area (Å²) >= 11 is 0. The Morgan fingerprint density at radius 1 is 0.455 bits per heavy atom. The lowest BCUT2D eigenvalue weighted by molar-refractivity contribution is 0.00578. The van der Waals surface area contributed by atoms with Crippen molar-refractivity contribution in [3.8, 4) is 44.9 Å². The summed E-state index contributed by atoms with van der Waals surface area (Å²) in [6.45, 7) is 8.29. The van der Waals surface area contributed by atoms with Crippen molar-refractivity contribution in [1.82, 2.24) is 4.98 Å². The predicted molar refractivity (Wildman–Crippen MR) is 223 cm³/mol. The van der Waals surface area contributed by atoms with Crippen molar-refractivity contribution in [2.45, 2.75) is 44.3 Å². The molecule has 8 aromatic rings. The normalized spacial score (nSPS) is 16.8. The second-order valence-corrected chi connectivity index (χ2v) is 16.1. The summed E-state index contributed by atoms with van der Waals surface area (Å²) < 4.78 is 19.3. The maximum Gasteiger partial charge on any atom is 0.514 e. The van der Waals surface area contributed by atoms with Gasteiger partial charge in [0.25, 0.3) is 0 Å².